The topological polar surface area (TPSA) is 26.0 Å². The molecule has 11 heavy (non-hydrogen) atoms. The third kappa shape index (κ3) is 1.73. The molecule has 60 valence electrons. The number of hydrogen-bond donors (Lipinski definition) is 1. The van der Waals surface area contributed by atoms with Crippen molar-refractivity contribution in [1.29, 1.82) is 0 Å². The minimum atomic E-state index is -0.344. The van der Waals surface area contributed by atoms with Gasteiger partial charge in [-0.3, -0.25) is 0 Å². The van der Waals surface area contributed by atoms with Gasteiger partial charge in [-0.05, 0) is 12.0 Å². The smallest absolute Gasteiger partial charge is 0.0626 e. The second-order valence-electron chi connectivity index (χ2n) is 2.54. The second kappa shape index (κ2) is 3.24. The van der Waals surface area contributed by atoms with Crippen LogP contribution in [0.25, 0.3) is 0 Å². The largest absolute Gasteiger partial charge is 0.327 e. The summed E-state index contributed by atoms with van der Waals surface area (Å²) in [6.07, 6.45) is 0.702. The van der Waals surface area contributed by atoms with Crippen LogP contribution in [0.3, 0.4) is 0 Å². The number of benzene rings is 1. The summed E-state index contributed by atoms with van der Waals surface area (Å²) >= 11 is 0. The average molecular weight is 175 g/mol. The highest BCUT2D eigenvalue weighted by atomic mass is 35.5. The van der Waals surface area contributed by atoms with Crippen molar-refractivity contribution in [3.05, 3.63) is 35.8 Å². The van der Waals surface area contributed by atoms with Crippen LogP contribution in [0.2, 0.25) is 0 Å². The van der Waals surface area contributed by atoms with E-state index in [1.165, 1.54) is 0 Å². The second-order valence-corrected chi connectivity index (χ2v) is 2.54. The van der Waals surface area contributed by atoms with Gasteiger partial charge in [0.15, 0.2) is 0 Å². The third-order valence-corrected chi connectivity index (χ3v) is 1.73. The van der Waals surface area contributed by atoms with E-state index in [1.807, 2.05) is 0 Å². The number of halogens is 1. The van der Waals surface area contributed by atoms with Gasteiger partial charge in [0.05, 0.1) is 6.85 Å². The standard InChI is InChI=1S/C9H11N.ClH/c10-9-6-8(9)7-4-2-1-3-5-7;/h1-5,8-9H,6,10H2;1H/t8-,9+;/m1./s1/i1D,2D,3D,4D,5D;. The van der Waals surface area contributed by atoms with E-state index in [0.717, 1.165) is 0 Å². The molecule has 1 aliphatic rings. The van der Waals surface area contributed by atoms with Crippen molar-refractivity contribution in [3.63, 3.8) is 0 Å². The fourth-order valence-electron chi connectivity index (χ4n) is 0.992. The fraction of sp³-hybridized carbons (Fsp3) is 0.333. The van der Waals surface area contributed by atoms with Crippen molar-refractivity contribution >= 4 is 12.4 Å². The van der Waals surface area contributed by atoms with Crippen LogP contribution in [-0.4, -0.2) is 6.04 Å². The molecular weight excluding hydrogens is 158 g/mol. The van der Waals surface area contributed by atoms with Gasteiger partial charge >= 0.3 is 0 Å². The predicted octanol–water partition coefficient (Wildman–Crippen LogP) is 1.92. The Bertz CT molecular complexity index is 407. The minimum absolute atomic E-state index is 0. The van der Waals surface area contributed by atoms with E-state index < -0.39 is 0 Å². The third-order valence-electron chi connectivity index (χ3n) is 1.73. The van der Waals surface area contributed by atoms with Gasteiger partial charge in [-0.25, -0.2) is 0 Å². The molecule has 1 nitrogen and oxygen atoms in total. The normalized spacial score (nSPS) is 33.7. The van der Waals surface area contributed by atoms with E-state index in [0.29, 0.717) is 12.0 Å². The summed E-state index contributed by atoms with van der Waals surface area (Å²) in [6, 6.07) is -1.18. The lowest BCUT2D eigenvalue weighted by atomic mass is 10.1. The number of rotatable bonds is 1. The van der Waals surface area contributed by atoms with E-state index in [1.54, 1.807) is 0 Å². The van der Waals surface area contributed by atoms with Crippen LogP contribution in [0.4, 0.5) is 0 Å². The summed E-state index contributed by atoms with van der Waals surface area (Å²) < 4.78 is 37.7. The lowest BCUT2D eigenvalue weighted by Gasteiger charge is -1.94. The molecule has 1 aliphatic carbocycles. The molecule has 2 heteroatoms. The molecule has 2 N–H and O–H groups in total. The van der Waals surface area contributed by atoms with Gasteiger partial charge < -0.3 is 5.73 Å². The molecule has 0 spiro atoms. The number of hydrogen-bond acceptors (Lipinski definition) is 1. The Morgan fingerprint density at radius 1 is 1.36 bits per heavy atom. The van der Waals surface area contributed by atoms with Gasteiger partial charge in [0.25, 0.3) is 0 Å². The zero-order valence-corrected chi connectivity index (χ0v) is 6.66. The van der Waals surface area contributed by atoms with Gasteiger partial charge in [0, 0.05) is 12.0 Å². The molecule has 0 unspecified atom stereocenters. The van der Waals surface area contributed by atoms with E-state index in [2.05, 4.69) is 0 Å². The summed E-state index contributed by atoms with van der Waals surface area (Å²) in [6.45, 7) is 0. The van der Waals surface area contributed by atoms with Crippen molar-refractivity contribution in [2.75, 3.05) is 0 Å². The highest BCUT2D eigenvalue weighted by Gasteiger charge is 2.34. The molecule has 0 aromatic heterocycles. The van der Waals surface area contributed by atoms with Crippen LogP contribution in [0.1, 0.15) is 24.8 Å². The molecule has 2 atom stereocenters. The first-order chi connectivity index (χ1) is 6.95. The van der Waals surface area contributed by atoms with E-state index >= 15 is 0 Å². The average Bonchev–Trinajstić information content (AvgIpc) is 2.90. The Morgan fingerprint density at radius 2 is 1.91 bits per heavy atom. The first-order valence-corrected chi connectivity index (χ1v) is 3.27. The lowest BCUT2D eigenvalue weighted by Crippen LogP contribution is -2.00. The Balaban J connectivity index is 0.00000128. The maximum absolute atomic E-state index is 7.67. The highest BCUT2D eigenvalue weighted by Crippen LogP contribution is 2.38. The van der Waals surface area contributed by atoms with Gasteiger partial charge in [0.2, 0.25) is 0 Å². The van der Waals surface area contributed by atoms with Crippen molar-refractivity contribution < 1.29 is 6.85 Å². The Hall–Kier alpha value is -0.530. The Labute approximate surface area is 80.0 Å². The molecule has 2 rings (SSSR count). The van der Waals surface area contributed by atoms with Crippen LogP contribution in [0, 0.1) is 0 Å². The predicted molar refractivity (Wildman–Crippen MR) is 49.0 cm³/mol. The van der Waals surface area contributed by atoms with E-state index in [9.17, 15) is 0 Å². The van der Waals surface area contributed by atoms with Gasteiger partial charge in [-0.1, -0.05) is 30.2 Å². The van der Waals surface area contributed by atoms with Crippen molar-refractivity contribution in [1.82, 2.24) is 0 Å². The molecule has 0 heterocycles. The molecule has 1 aromatic carbocycles. The first kappa shape index (κ1) is 3.92. The summed E-state index contributed by atoms with van der Waals surface area (Å²) in [7, 11) is 0. The SMILES string of the molecule is Cl.[2H]c1c([2H])c([2H])c([C@H]2C[C@@H]2N)c([2H])c1[2H]. The fourth-order valence-corrected chi connectivity index (χ4v) is 0.992. The molecule has 0 aliphatic heterocycles. The van der Waals surface area contributed by atoms with Crippen LogP contribution in [0.5, 0.6) is 0 Å². The zero-order chi connectivity index (χ0) is 11.3. The zero-order valence-electron chi connectivity index (χ0n) is 10.8. The monoisotopic (exact) mass is 174 g/mol. The van der Waals surface area contributed by atoms with E-state index in [-0.39, 0.29) is 54.6 Å². The van der Waals surface area contributed by atoms with Gasteiger partial charge in [-0.2, -0.15) is 0 Å². The van der Waals surface area contributed by atoms with Crippen molar-refractivity contribution in [3.8, 4) is 0 Å². The first-order valence-electron chi connectivity index (χ1n) is 5.77. The summed E-state index contributed by atoms with van der Waals surface area (Å²) in [4.78, 5) is 0. The van der Waals surface area contributed by atoms with Crippen LogP contribution >= 0.6 is 12.4 Å². The molecule has 0 bridgehead atoms. The summed E-state index contributed by atoms with van der Waals surface area (Å²) in [5.41, 5.74) is 6.01. The molecule has 0 saturated heterocycles. The maximum atomic E-state index is 7.67. The van der Waals surface area contributed by atoms with Crippen molar-refractivity contribution in [2.24, 2.45) is 5.73 Å². The van der Waals surface area contributed by atoms with Crippen molar-refractivity contribution in [2.45, 2.75) is 18.4 Å². The van der Waals surface area contributed by atoms with Crippen LogP contribution < -0.4 is 5.73 Å². The maximum Gasteiger partial charge on any atom is 0.0626 e. The molecule has 1 fully saturated rings. The van der Waals surface area contributed by atoms with Crippen LogP contribution in [-0.2, 0) is 0 Å². The molecule has 0 radical (unpaired) electrons. The molecule has 0 amide bonds. The van der Waals surface area contributed by atoms with E-state index in [4.69, 9.17) is 12.6 Å². The molecular formula is C9H12ClN. The molecule has 1 saturated carbocycles. The summed E-state index contributed by atoms with van der Waals surface area (Å²) in [5, 5.41) is 0. The van der Waals surface area contributed by atoms with Crippen LogP contribution in [0.15, 0.2) is 30.2 Å². The quantitative estimate of drug-likeness (QED) is 0.692. The lowest BCUT2D eigenvalue weighted by molar-refractivity contribution is 0.991. The Kier molecular flexibility index (Phi) is 1.16. The summed E-state index contributed by atoms with van der Waals surface area (Å²) in [5.74, 6) is -0.0706. The van der Waals surface area contributed by atoms with Gasteiger partial charge in [0.1, 0.15) is 0 Å². The van der Waals surface area contributed by atoms with Gasteiger partial charge in [-0.15, -0.1) is 12.4 Å². The Morgan fingerprint density at radius 3 is 2.36 bits per heavy atom. The molecule has 1 aromatic rings. The highest BCUT2D eigenvalue weighted by molar-refractivity contribution is 5.85. The minimum Gasteiger partial charge on any atom is -0.327 e. The number of nitrogens with two attached hydrogens (primary N) is 1.